The zero-order valence-electron chi connectivity index (χ0n) is 11.4. The Morgan fingerprint density at radius 2 is 2.29 bits per heavy atom. The van der Waals surface area contributed by atoms with Crippen LogP contribution in [0.2, 0.25) is 0 Å². The van der Waals surface area contributed by atoms with Gasteiger partial charge in [-0.3, -0.25) is 9.89 Å². The van der Waals surface area contributed by atoms with Crippen LogP contribution < -0.4 is 5.32 Å². The first kappa shape index (κ1) is 13.6. The zero-order valence-corrected chi connectivity index (χ0v) is 12.2. The van der Waals surface area contributed by atoms with E-state index in [4.69, 9.17) is 16.6 Å². The summed E-state index contributed by atoms with van der Waals surface area (Å²) in [6.07, 6.45) is 1.47. The summed E-state index contributed by atoms with van der Waals surface area (Å²) >= 11 is 5.11. The van der Waals surface area contributed by atoms with Crippen molar-refractivity contribution < 1.29 is 9.21 Å². The average molecular weight is 302 g/mol. The number of H-pyrrole nitrogens is 1. The first-order valence-corrected chi connectivity index (χ1v) is 7.00. The summed E-state index contributed by atoms with van der Waals surface area (Å²) in [7, 11) is 0. The lowest BCUT2D eigenvalue weighted by Gasteiger charge is -2.05. The third kappa shape index (κ3) is 2.47. The van der Waals surface area contributed by atoms with Gasteiger partial charge in [0.15, 0.2) is 10.6 Å². The van der Waals surface area contributed by atoms with E-state index in [0.29, 0.717) is 34.8 Å². The maximum absolute atomic E-state index is 12.3. The van der Waals surface area contributed by atoms with Crippen LogP contribution in [0.3, 0.4) is 0 Å². The predicted molar refractivity (Wildman–Crippen MR) is 80.5 cm³/mol. The molecule has 0 radical (unpaired) electrons. The maximum atomic E-state index is 12.3. The Morgan fingerprint density at radius 1 is 1.48 bits per heavy atom. The van der Waals surface area contributed by atoms with Gasteiger partial charge in [-0.05, 0) is 25.2 Å². The number of aromatic nitrogens is 3. The molecule has 6 nitrogen and oxygen atoms in total. The molecule has 0 aliphatic rings. The molecule has 1 amide bonds. The van der Waals surface area contributed by atoms with Gasteiger partial charge >= 0.3 is 0 Å². The Morgan fingerprint density at radius 3 is 3.10 bits per heavy atom. The molecule has 0 saturated carbocycles. The molecule has 0 unspecified atom stereocenters. The number of nitrogens with zero attached hydrogens (tertiary/aromatic N) is 2. The zero-order chi connectivity index (χ0) is 14.8. The van der Waals surface area contributed by atoms with Gasteiger partial charge in [0, 0.05) is 11.9 Å². The van der Waals surface area contributed by atoms with Crippen LogP contribution in [-0.2, 0) is 13.1 Å². The number of aromatic amines is 1. The van der Waals surface area contributed by atoms with Gasteiger partial charge in [-0.15, -0.1) is 0 Å². The molecule has 2 aromatic heterocycles. The van der Waals surface area contributed by atoms with Gasteiger partial charge in [-0.2, -0.15) is 5.10 Å². The number of carbonyl (C=O) groups excluding carboxylic acids is 1. The minimum Gasteiger partial charge on any atom is -0.463 e. The largest absolute Gasteiger partial charge is 0.463 e. The van der Waals surface area contributed by atoms with Gasteiger partial charge in [0.05, 0.1) is 12.1 Å². The second-order valence-electron chi connectivity index (χ2n) is 4.52. The second-order valence-corrected chi connectivity index (χ2v) is 4.90. The van der Waals surface area contributed by atoms with E-state index in [-0.39, 0.29) is 5.91 Å². The summed E-state index contributed by atoms with van der Waals surface area (Å²) in [4.78, 5) is 12.3. The van der Waals surface area contributed by atoms with Crippen LogP contribution >= 0.6 is 12.2 Å². The highest BCUT2D eigenvalue weighted by Crippen LogP contribution is 2.20. The Bertz CT molecular complexity index is 846. The van der Waals surface area contributed by atoms with E-state index in [1.165, 1.54) is 6.26 Å². The van der Waals surface area contributed by atoms with Crippen molar-refractivity contribution in [1.29, 1.82) is 0 Å². The first-order chi connectivity index (χ1) is 10.2. The lowest BCUT2D eigenvalue weighted by atomic mass is 10.1. The molecular formula is C14H14N4O2S. The Kier molecular flexibility index (Phi) is 3.57. The average Bonchev–Trinajstić information content (AvgIpc) is 3.08. The van der Waals surface area contributed by atoms with Crippen molar-refractivity contribution in [3.63, 3.8) is 0 Å². The van der Waals surface area contributed by atoms with E-state index in [1.807, 2.05) is 35.8 Å². The van der Waals surface area contributed by atoms with Crippen LogP contribution in [0.1, 0.15) is 23.1 Å². The molecule has 108 valence electrons. The predicted octanol–water partition coefficient (Wildman–Crippen LogP) is 2.64. The Balaban J connectivity index is 1.79. The van der Waals surface area contributed by atoms with Gasteiger partial charge in [-0.25, -0.2) is 0 Å². The van der Waals surface area contributed by atoms with E-state index < -0.39 is 0 Å². The fraction of sp³-hybridized carbons (Fsp3) is 0.214. The third-order valence-electron chi connectivity index (χ3n) is 3.29. The highest BCUT2D eigenvalue weighted by molar-refractivity contribution is 7.71. The molecule has 21 heavy (non-hydrogen) atoms. The van der Waals surface area contributed by atoms with E-state index >= 15 is 0 Å². The Hall–Kier alpha value is -2.41. The smallest absolute Gasteiger partial charge is 0.255 e. The van der Waals surface area contributed by atoms with E-state index in [2.05, 4.69) is 15.5 Å². The quantitative estimate of drug-likeness (QED) is 0.726. The molecule has 0 aliphatic carbocycles. The van der Waals surface area contributed by atoms with Crippen LogP contribution in [0.25, 0.3) is 11.0 Å². The molecule has 0 aliphatic heterocycles. The molecule has 0 fully saturated rings. The van der Waals surface area contributed by atoms with E-state index in [9.17, 15) is 4.79 Å². The molecule has 2 N–H and O–H groups in total. The van der Waals surface area contributed by atoms with Gasteiger partial charge in [0.1, 0.15) is 11.8 Å². The van der Waals surface area contributed by atoms with Crippen molar-refractivity contribution in [3.8, 4) is 0 Å². The highest BCUT2D eigenvalue weighted by Gasteiger charge is 2.14. The SMILES string of the molecule is CCn1c(CNC(=O)c2coc3ccccc23)n[nH]c1=S. The number of benzene rings is 1. The molecule has 0 bridgehead atoms. The summed E-state index contributed by atoms with van der Waals surface area (Å²) in [5, 5.41) is 10.5. The maximum Gasteiger partial charge on any atom is 0.255 e. The number of amides is 1. The summed E-state index contributed by atoms with van der Waals surface area (Å²) in [5.41, 5.74) is 1.21. The molecule has 1 aromatic carbocycles. The van der Waals surface area contributed by atoms with Crippen molar-refractivity contribution in [1.82, 2.24) is 20.1 Å². The van der Waals surface area contributed by atoms with Crippen LogP contribution in [-0.4, -0.2) is 20.7 Å². The third-order valence-corrected chi connectivity index (χ3v) is 3.60. The monoisotopic (exact) mass is 302 g/mol. The van der Waals surface area contributed by atoms with Gasteiger partial charge in [-0.1, -0.05) is 18.2 Å². The summed E-state index contributed by atoms with van der Waals surface area (Å²) < 4.78 is 7.75. The molecule has 3 rings (SSSR count). The lowest BCUT2D eigenvalue weighted by Crippen LogP contribution is -2.24. The van der Waals surface area contributed by atoms with Crippen LogP contribution in [0.15, 0.2) is 34.9 Å². The number of rotatable bonds is 4. The summed E-state index contributed by atoms with van der Waals surface area (Å²) in [5.74, 6) is 0.500. The van der Waals surface area contributed by atoms with Crippen molar-refractivity contribution >= 4 is 29.1 Å². The number of fused-ring (bicyclic) bond motifs is 1. The summed E-state index contributed by atoms with van der Waals surface area (Å²) in [6, 6.07) is 7.42. The molecule has 0 spiro atoms. The number of hydrogen-bond donors (Lipinski definition) is 2. The summed E-state index contributed by atoms with van der Waals surface area (Å²) in [6.45, 7) is 2.98. The number of furan rings is 1. The normalized spacial score (nSPS) is 10.9. The second kappa shape index (κ2) is 5.53. The van der Waals surface area contributed by atoms with Crippen molar-refractivity contribution in [2.75, 3.05) is 0 Å². The van der Waals surface area contributed by atoms with Gasteiger partial charge in [0.25, 0.3) is 5.91 Å². The van der Waals surface area contributed by atoms with Gasteiger partial charge < -0.3 is 14.3 Å². The Labute approximate surface area is 125 Å². The molecule has 7 heteroatoms. The first-order valence-electron chi connectivity index (χ1n) is 6.59. The molecule has 0 saturated heterocycles. The number of para-hydroxylation sites is 1. The van der Waals surface area contributed by atoms with E-state index in [1.54, 1.807) is 0 Å². The lowest BCUT2D eigenvalue weighted by molar-refractivity contribution is 0.0950. The molecule has 0 atom stereocenters. The minimum absolute atomic E-state index is 0.198. The number of carbonyl (C=O) groups is 1. The molecule has 3 aromatic rings. The molecular weight excluding hydrogens is 288 g/mol. The van der Waals surface area contributed by atoms with Crippen LogP contribution in [0, 0.1) is 4.77 Å². The fourth-order valence-electron chi connectivity index (χ4n) is 2.22. The van der Waals surface area contributed by atoms with Crippen molar-refractivity contribution in [3.05, 3.63) is 46.7 Å². The van der Waals surface area contributed by atoms with Crippen LogP contribution in [0.4, 0.5) is 0 Å². The van der Waals surface area contributed by atoms with Crippen LogP contribution in [0.5, 0.6) is 0 Å². The van der Waals surface area contributed by atoms with E-state index in [0.717, 1.165) is 5.39 Å². The highest BCUT2D eigenvalue weighted by atomic mass is 32.1. The van der Waals surface area contributed by atoms with Crippen molar-refractivity contribution in [2.45, 2.75) is 20.0 Å². The number of hydrogen-bond acceptors (Lipinski definition) is 4. The number of nitrogens with one attached hydrogen (secondary N) is 2. The fourth-order valence-corrected chi connectivity index (χ4v) is 2.50. The van der Waals surface area contributed by atoms with Gasteiger partial charge in [0.2, 0.25) is 0 Å². The minimum atomic E-state index is -0.198. The van der Waals surface area contributed by atoms with Crippen molar-refractivity contribution in [2.24, 2.45) is 0 Å². The standard InChI is InChI=1S/C14H14N4O2S/c1-2-18-12(16-17-14(18)21)7-15-13(19)10-8-20-11-6-4-3-5-9(10)11/h3-6,8H,2,7H2,1H3,(H,15,19)(H,17,21). The molecule has 2 heterocycles. The topological polar surface area (TPSA) is 75.8 Å².